The molecule has 8 heteroatoms. The maximum absolute atomic E-state index is 12.4. The summed E-state index contributed by atoms with van der Waals surface area (Å²) in [6, 6.07) is 8.53. The van der Waals surface area contributed by atoms with E-state index in [4.69, 9.17) is 14.3 Å². The van der Waals surface area contributed by atoms with Gasteiger partial charge in [-0.1, -0.05) is 12.1 Å². The van der Waals surface area contributed by atoms with Crippen molar-refractivity contribution in [3.05, 3.63) is 47.4 Å². The first-order valence-corrected chi connectivity index (χ1v) is 8.44. The van der Waals surface area contributed by atoms with E-state index < -0.39 is 11.9 Å². The number of carbonyl (C=O) groups excluding carboxylic acids is 2. The van der Waals surface area contributed by atoms with Gasteiger partial charge < -0.3 is 24.5 Å². The Morgan fingerprint density at radius 2 is 2.11 bits per heavy atom. The number of aromatic carboxylic acids is 1. The largest absolute Gasteiger partial charge is 0.495 e. The van der Waals surface area contributed by atoms with Crippen molar-refractivity contribution in [2.75, 3.05) is 18.6 Å². The highest BCUT2D eigenvalue weighted by Gasteiger charge is 2.36. The Kier molecular flexibility index (Phi) is 5.16. The second-order valence-electron chi connectivity index (χ2n) is 6.28. The third-order valence-corrected chi connectivity index (χ3v) is 4.51. The fraction of sp³-hybridized carbons (Fsp3) is 0.316. The van der Waals surface area contributed by atoms with Crippen molar-refractivity contribution in [1.29, 1.82) is 0 Å². The molecule has 142 valence electrons. The van der Waals surface area contributed by atoms with Gasteiger partial charge in [0.15, 0.2) is 0 Å². The average Bonchev–Trinajstić information content (AvgIpc) is 3.22. The number of anilines is 1. The van der Waals surface area contributed by atoms with Crippen molar-refractivity contribution >= 4 is 23.5 Å². The lowest BCUT2D eigenvalue weighted by molar-refractivity contribution is -0.126. The van der Waals surface area contributed by atoms with Crippen molar-refractivity contribution in [2.24, 2.45) is 5.92 Å². The van der Waals surface area contributed by atoms with Crippen LogP contribution in [0.3, 0.4) is 0 Å². The molecule has 2 N–H and O–H groups in total. The first-order valence-electron chi connectivity index (χ1n) is 8.44. The van der Waals surface area contributed by atoms with Crippen molar-refractivity contribution in [2.45, 2.75) is 19.9 Å². The molecule has 1 saturated heterocycles. The summed E-state index contributed by atoms with van der Waals surface area (Å²) in [5.74, 6) is -0.818. The summed E-state index contributed by atoms with van der Waals surface area (Å²) >= 11 is 0. The highest BCUT2D eigenvalue weighted by Crippen LogP contribution is 2.32. The number of benzene rings is 1. The third-order valence-electron chi connectivity index (χ3n) is 4.51. The van der Waals surface area contributed by atoms with Gasteiger partial charge in [-0.3, -0.25) is 9.59 Å². The summed E-state index contributed by atoms with van der Waals surface area (Å²) in [5.41, 5.74) is 0.700. The fourth-order valence-electron chi connectivity index (χ4n) is 3.13. The van der Waals surface area contributed by atoms with Crippen molar-refractivity contribution in [3.8, 4) is 5.75 Å². The number of furan rings is 1. The number of nitrogens with one attached hydrogen (secondary N) is 1. The normalized spacial score (nSPS) is 16.4. The smallest absolute Gasteiger partial charge is 0.339 e. The minimum atomic E-state index is -1.08. The summed E-state index contributed by atoms with van der Waals surface area (Å²) in [6.07, 6.45) is 0.0987. The average molecular weight is 372 g/mol. The van der Waals surface area contributed by atoms with E-state index in [1.54, 1.807) is 30.0 Å². The molecule has 3 rings (SSSR count). The van der Waals surface area contributed by atoms with E-state index in [1.807, 2.05) is 6.07 Å². The Morgan fingerprint density at radius 3 is 2.78 bits per heavy atom. The van der Waals surface area contributed by atoms with Crippen LogP contribution in [0.4, 0.5) is 5.69 Å². The lowest BCUT2D eigenvalue weighted by atomic mass is 10.1. The Morgan fingerprint density at radius 1 is 1.37 bits per heavy atom. The summed E-state index contributed by atoms with van der Waals surface area (Å²) in [7, 11) is 1.53. The SMILES string of the molecule is COc1ccccc1N1CC(C(=O)NCc2cc(C(=O)O)c(C)o2)CC1=O. The zero-order valence-electron chi connectivity index (χ0n) is 15.0. The Bertz CT molecular complexity index is 888. The predicted octanol–water partition coefficient (Wildman–Crippen LogP) is 1.96. The van der Waals surface area contributed by atoms with Crippen LogP contribution in [0.5, 0.6) is 5.75 Å². The van der Waals surface area contributed by atoms with Gasteiger partial charge in [0.25, 0.3) is 0 Å². The predicted molar refractivity (Wildman–Crippen MR) is 95.7 cm³/mol. The molecular weight excluding hydrogens is 352 g/mol. The van der Waals surface area contributed by atoms with Gasteiger partial charge in [-0.05, 0) is 25.1 Å². The molecule has 1 atom stereocenters. The van der Waals surface area contributed by atoms with Gasteiger partial charge in [0, 0.05) is 13.0 Å². The van der Waals surface area contributed by atoms with Gasteiger partial charge in [0.05, 0.1) is 25.3 Å². The van der Waals surface area contributed by atoms with Gasteiger partial charge in [-0.2, -0.15) is 0 Å². The second kappa shape index (κ2) is 7.53. The molecule has 27 heavy (non-hydrogen) atoms. The van der Waals surface area contributed by atoms with Crippen molar-refractivity contribution in [1.82, 2.24) is 5.32 Å². The quantitative estimate of drug-likeness (QED) is 0.802. The summed E-state index contributed by atoms with van der Waals surface area (Å²) in [4.78, 5) is 37.4. The highest BCUT2D eigenvalue weighted by atomic mass is 16.5. The molecule has 1 aliphatic rings. The Balaban J connectivity index is 1.64. The number of hydrogen-bond acceptors (Lipinski definition) is 5. The molecule has 1 aromatic heterocycles. The van der Waals surface area contributed by atoms with E-state index in [0.29, 0.717) is 17.2 Å². The lowest BCUT2D eigenvalue weighted by Gasteiger charge is -2.19. The van der Waals surface area contributed by atoms with Crippen LogP contribution in [0, 0.1) is 12.8 Å². The third kappa shape index (κ3) is 3.79. The number of nitrogens with zero attached hydrogens (tertiary/aromatic N) is 1. The molecule has 1 fully saturated rings. The molecule has 2 amide bonds. The summed E-state index contributed by atoms with van der Waals surface area (Å²) in [5, 5.41) is 11.7. The van der Waals surface area contributed by atoms with Crippen LogP contribution in [0.2, 0.25) is 0 Å². The monoisotopic (exact) mass is 372 g/mol. The van der Waals surface area contributed by atoms with Crippen LogP contribution in [0.25, 0.3) is 0 Å². The van der Waals surface area contributed by atoms with Crippen LogP contribution in [-0.2, 0) is 16.1 Å². The maximum atomic E-state index is 12.4. The number of methoxy groups -OCH3 is 1. The number of carboxylic acid groups (broad SMARTS) is 1. The molecule has 0 radical (unpaired) electrons. The van der Waals surface area contributed by atoms with E-state index in [9.17, 15) is 14.4 Å². The molecule has 0 aliphatic carbocycles. The number of carboxylic acids is 1. The van der Waals surface area contributed by atoms with Gasteiger partial charge >= 0.3 is 5.97 Å². The van der Waals surface area contributed by atoms with Gasteiger partial charge in [0.2, 0.25) is 11.8 Å². The summed E-state index contributed by atoms with van der Waals surface area (Å²) in [6.45, 7) is 1.87. The number of amides is 2. The van der Waals surface area contributed by atoms with Crippen molar-refractivity contribution in [3.63, 3.8) is 0 Å². The van der Waals surface area contributed by atoms with E-state index in [1.165, 1.54) is 13.2 Å². The Labute approximate surface area is 155 Å². The fourth-order valence-corrected chi connectivity index (χ4v) is 3.13. The molecule has 0 spiro atoms. The number of para-hydroxylation sites is 2. The van der Waals surface area contributed by atoms with Crippen LogP contribution < -0.4 is 15.0 Å². The Hall–Kier alpha value is -3.29. The first-order chi connectivity index (χ1) is 12.9. The molecule has 1 aliphatic heterocycles. The zero-order chi connectivity index (χ0) is 19.6. The zero-order valence-corrected chi connectivity index (χ0v) is 15.0. The topological polar surface area (TPSA) is 109 Å². The molecule has 8 nitrogen and oxygen atoms in total. The van der Waals surface area contributed by atoms with E-state index in [-0.39, 0.29) is 42.6 Å². The minimum absolute atomic E-state index is 0.0618. The number of hydrogen-bond donors (Lipinski definition) is 2. The minimum Gasteiger partial charge on any atom is -0.495 e. The molecule has 1 unspecified atom stereocenters. The molecule has 2 heterocycles. The first kappa shape index (κ1) is 18.5. The van der Waals surface area contributed by atoms with E-state index in [2.05, 4.69) is 5.32 Å². The summed E-state index contributed by atoms with van der Waals surface area (Å²) < 4.78 is 10.6. The van der Waals surface area contributed by atoms with E-state index >= 15 is 0 Å². The molecular formula is C19H20N2O6. The highest BCUT2D eigenvalue weighted by molar-refractivity contribution is 6.01. The van der Waals surface area contributed by atoms with Gasteiger partial charge in [0.1, 0.15) is 22.8 Å². The standard InChI is InChI=1S/C19H20N2O6/c1-11-14(19(24)25)8-13(27-11)9-20-18(23)12-7-17(22)21(10-12)15-5-3-4-6-16(15)26-2/h3-6,8,12H,7,9-10H2,1-2H3,(H,20,23)(H,24,25). The van der Waals surface area contributed by atoms with Crippen LogP contribution >= 0.6 is 0 Å². The second-order valence-corrected chi connectivity index (χ2v) is 6.28. The van der Waals surface area contributed by atoms with E-state index in [0.717, 1.165) is 0 Å². The van der Waals surface area contributed by atoms with Crippen LogP contribution in [0.15, 0.2) is 34.7 Å². The lowest BCUT2D eigenvalue weighted by Crippen LogP contribution is -2.32. The van der Waals surface area contributed by atoms with Gasteiger partial charge in [-0.15, -0.1) is 0 Å². The molecule has 0 saturated carbocycles. The molecule has 0 bridgehead atoms. The van der Waals surface area contributed by atoms with Crippen molar-refractivity contribution < 1.29 is 28.6 Å². The molecule has 2 aromatic rings. The number of aryl methyl sites for hydroxylation is 1. The van der Waals surface area contributed by atoms with Crippen LogP contribution in [-0.4, -0.2) is 36.5 Å². The maximum Gasteiger partial charge on any atom is 0.339 e. The number of carbonyl (C=O) groups is 3. The van der Waals surface area contributed by atoms with Crippen LogP contribution in [0.1, 0.15) is 28.3 Å². The number of rotatable bonds is 6. The molecule has 1 aromatic carbocycles. The van der Waals surface area contributed by atoms with Gasteiger partial charge in [-0.25, -0.2) is 4.79 Å². The number of ether oxygens (including phenoxy) is 1.